The monoisotopic (exact) mass is 326 g/mol. The molecular formula is C12H22O10. The Morgan fingerprint density at radius 1 is 0.818 bits per heavy atom. The Kier molecular flexibility index (Phi) is 5.72. The van der Waals surface area contributed by atoms with Gasteiger partial charge >= 0.3 is 0 Å². The summed E-state index contributed by atoms with van der Waals surface area (Å²) >= 11 is 0. The fraction of sp³-hybridized carbons (Fsp3) is 1.00. The van der Waals surface area contributed by atoms with Gasteiger partial charge in [-0.15, -0.1) is 0 Å². The summed E-state index contributed by atoms with van der Waals surface area (Å²) in [5.41, 5.74) is 0. The lowest BCUT2D eigenvalue weighted by Gasteiger charge is -2.44. The number of aliphatic hydroxyl groups excluding tert-OH is 7. The molecule has 2 aliphatic rings. The van der Waals surface area contributed by atoms with Gasteiger partial charge in [-0.25, -0.2) is 0 Å². The molecule has 0 spiro atoms. The predicted molar refractivity (Wildman–Crippen MR) is 67.2 cm³/mol. The molecule has 22 heavy (non-hydrogen) atoms. The lowest BCUT2D eigenvalue weighted by atomic mass is 9.97. The average molecular weight is 326 g/mol. The maximum absolute atomic E-state index is 9.93. The van der Waals surface area contributed by atoms with Crippen molar-refractivity contribution in [2.45, 2.75) is 68.3 Å². The third-order valence-corrected chi connectivity index (χ3v) is 3.94. The molecule has 2 rings (SSSR count). The van der Waals surface area contributed by atoms with Gasteiger partial charge in [0, 0.05) is 0 Å². The van der Waals surface area contributed by atoms with E-state index in [-0.39, 0.29) is 0 Å². The van der Waals surface area contributed by atoms with Crippen molar-refractivity contribution in [1.29, 1.82) is 0 Å². The second-order valence-electron chi connectivity index (χ2n) is 5.51. The smallest absolute Gasteiger partial charge is 0.187 e. The van der Waals surface area contributed by atoms with E-state index < -0.39 is 68.0 Å². The summed E-state index contributed by atoms with van der Waals surface area (Å²) in [6.07, 6.45) is -14.2. The van der Waals surface area contributed by atoms with Gasteiger partial charge in [-0.2, -0.15) is 0 Å². The van der Waals surface area contributed by atoms with Crippen LogP contribution in [0.4, 0.5) is 0 Å². The highest BCUT2D eigenvalue weighted by Crippen LogP contribution is 2.28. The largest absolute Gasteiger partial charge is 0.394 e. The van der Waals surface area contributed by atoms with Crippen LogP contribution in [0, 0.1) is 0 Å². The standard InChI is InChI=1S/C12H22O10/c1-3-5(14)6(15)9(18)12(20-3)22-10-4(2-13)21-11(19)8(17)7(10)16/h3-19H,2H2,1H3. The molecule has 2 aliphatic heterocycles. The van der Waals surface area contributed by atoms with Crippen LogP contribution in [0.3, 0.4) is 0 Å². The van der Waals surface area contributed by atoms with Crippen LogP contribution in [0.2, 0.25) is 0 Å². The van der Waals surface area contributed by atoms with Crippen LogP contribution in [0.1, 0.15) is 6.92 Å². The van der Waals surface area contributed by atoms with Gasteiger partial charge in [-0.05, 0) is 6.92 Å². The summed E-state index contributed by atoms with van der Waals surface area (Å²) in [5, 5.41) is 67.3. The van der Waals surface area contributed by atoms with Crippen molar-refractivity contribution in [3.63, 3.8) is 0 Å². The molecule has 10 heteroatoms. The number of hydrogen-bond acceptors (Lipinski definition) is 10. The lowest BCUT2D eigenvalue weighted by molar-refractivity contribution is -0.352. The van der Waals surface area contributed by atoms with Crippen molar-refractivity contribution in [3.8, 4) is 0 Å². The SMILES string of the molecule is CC1OC(OC2C(CO)OC(O)C(O)C2O)C(O)C(O)C1O. The summed E-state index contributed by atoms with van der Waals surface area (Å²) in [6.45, 7) is 0.821. The molecule has 0 amide bonds. The molecule has 0 aliphatic carbocycles. The van der Waals surface area contributed by atoms with Crippen LogP contribution in [-0.2, 0) is 14.2 Å². The molecule has 0 aromatic heterocycles. The van der Waals surface area contributed by atoms with E-state index in [0.717, 1.165) is 0 Å². The third kappa shape index (κ3) is 3.26. The minimum absolute atomic E-state index is 0.630. The number of rotatable bonds is 3. The number of aliphatic hydroxyl groups is 7. The number of ether oxygens (including phenoxy) is 3. The van der Waals surface area contributed by atoms with E-state index in [1.165, 1.54) is 6.92 Å². The van der Waals surface area contributed by atoms with Crippen molar-refractivity contribution in [2.75, 3.05) is 6.61 Å². The summed E-state index contributed by atoms with van der Waals surface area (Å²) in [7, 11) is 0. The van der Waals surface area contributed by atoms with Gasteiger partial charge in [0.15, 0.2) is 12.6 Å². The molecule has 10 atom stereocenters. The predicted octanol–water partition coefficient (Wildman–Crippen LogP) is -4.37. The molecule has 0 bridgehead atoms. The Hall–Kier alpha value is -0.400. The fourth-order valence-corrected chi connectivity index (χ4v) is 2.52. The third-order valence-electron chi connectivity index (χ3n) is 3.94. The lowest BCUT2D eigenvalue weighted by Crippen LogP contribution is -2.63. The maximum atomic E-state index is 9.93. The molecule has 0 aromatic carbocycles. The fourth-order valence-electron chi connectivity index (χ4n) is 2.52. The van der Waals surface area contributed by atoms with Gasteiger partial charge in [0.25, 0.3) is 0 Å². The van der Waals surface area contributed by atoms with Crippen LogP contribution in [0.5, 0.6) is 0 Å². The molecular weight excluding hydrogens is 304 g/mol. The molecule has 2 fully saturated rings. The van der Waals surface area contributed by atoms with Crippen molar-refractivity contribution in [2.24, 2.45) is 0 Å². The van der Waals surface area contributed by atoms with Crippen molar-refractivity contribution >= 4 is 0 Å². The minimum atomic E-state index is -1.70. The molecule has 10 nitrogen and oxygen atoms in total. The Morgan fingerprint density at radius 2 is 1.45 bits per heavy atom. The van der Waals surface area contributed by atoms with E-state index in [9.17, 15) is 35.7 Å². The highest BCUT2D eigenvalue weighted by Gasteiger charge is 2.49. The van der Waals surface area contributed by atoms with Gasteiger partial charge in [-0.3, -0.25) is 0 Å². The highest BCUT2D eigenvalue weighted by atomic mass is 16.7. The van der Waals surface area contributed by atoms with Gasteiger partial charge in [0.2, 0.25) is 0 Å². The van der Waals surface area contributed by atoms with Gasteiger partial charge in [0.1, 0.15) is 42.7 Å². The van der Waals surface area contributed by atoms with Crippen LogP contribution in [0.15, 0.2) is 0 Å². The maximum Gasteiger partial charge on any atom is 0.187 e. The Labute approximate surface area is 126 Å². The normalized spacial score (nSPS) is 53.5. The van der Waals surface area contributed by atoms with Gasteiger partial charge in [-0.1, -0.05) is 0 Å². The molecule has 2 heterocycles. The van der Waals surface area contributed by atoms with E-state index in [4.69, 9.17) is 14.2 Å². The van der Waals surface area contributed by atoms with Crippen molar-refractivity contribution in [1.82, 2.24) is 0 Å². The summed E-state index contributed by atoms with van der Waals surface area (Å²) < 4.78 is 15.4. The van der Waals surface area contributed by atoms with Gasteiger partial charge < -0.3 is 50.0 Å². The molecule has 130 valence electrons. The highest BCUT2D eigenvalue weighted by molar-refractivity contribution is 4.93. The van der Waals surface area contributed by atoms with E-state index in [1.807, 2.05) is 0 Å². The van der Waals surface area contributed by atoms with E-state index in [2.05, 4.69) is 0 Å². The zero-order valence-corrected chi connectivity index (χ0v) is 11.8. The van der Waals surface area contributed by atoms with Crippen LogP contribution in [-0.4, -0.2) is 104 Å². The van der Waals surface area contributed by atoms with Crippen LogP contribution >= 0.6 is 0 Å². The first-order valence-corrected chi connectivity index (χ1v) is 6.93. The first-order chi connectivity index (χ1) is 10.3. The molecule has 0 radical (unpaired) electrons. The average Bonchev–Trinajstić information content (AvgIpc) is 2.50. The minimum Gasteiger partial charge on any atom is -0.394 e. The van der Waals surface area contributed by atoms with Crippen LogP contribution < -0.4 is 0 Å². The summed E-state index contributed by atoms with van der Waals surface area (Å²) in [5.74, 6) is 0. The Bertz CT molecular complexity index is 366. The molecule has 7 N–H and O–H groups in total. The molecule has 0 saturated carbocycles. The first-order valence-electron chi connectivity index (χ1n) is 6.93. The second-order valence-corrected chi connectivity index (χ2v) is 5.51. The molecule has 10 unspecified atom stereocenters. The van der Waals surface area contributed by atoms with Gasteiger partial charge in [0.05, 0.1) is 12.7 Å². The topological polar surface area (TPSA) is 169 Å². The van der Waals surface area contributed by atoms with Crippen molar-refractivity contribution in [3.05, 3.63) is 0 Å². The Balaban J connectivity index is 2.10. The van der Waals surface area contributed by atoms with Crippen molar-refractivity contribution < 1.29 is 50.0 Å². The van der Waals surface area contributed by atoms with Crippen LogP contribution in [0.25, 0.3) is 0 Å². The Morgan fingerprint density at radius 3 is 2.05 bits per heavy atom. The zero-order valence-electron chi connectivity index (χ0n) is 11.8. The number of hydrogen-bond donors (Lipinski definition) is 7. The van der Waals surface area contributed by atoms with E-state index >= 15 is 0 Å². The quantitative estimate of drug-likeness (QED) is 0.269. The zero-order chi connectivity index (χ0) is 16.6. The summed E-state index contributed by atoms with van der Waals surface area (Å²) in [4.78, 5) is 0. The first kappa shape index (κ1) is 17.9. The van der Waals surface area contributed by atoms with E-state index in [0.29, 0.717) is 0 Å². The molecule has 2 saturated heterocycles. The molecule has 0 aromatic rings. The van der Waals surface area contributed by atoms with E-state index in [1.54, 1.807) is 0 Å². The second kappa shape index (κ2) is 7.01. The summed E-state index contributed by atoms with van der Waals surface area (Å²) in [6, 6.07) is 0.